The topological polar surface area (TPSA) is 16.4 Å². The lowest BCUT2D eigenvalue weighted by atomic mass is 9.96. The first-order chi connectivity index (χ1) is 18.8. The number of benzene rings is 7. The predicted octanol–water partition coefficient (Wildman–Crippen LogP) is 10.5. The van der Waals surface area contributed by atoms with Gasteiger partial charge in [0, 0.05) is 16.8 Å². The van der Waals surface area contributed by atoms with Crippen molar-refractivity contribution >= 4 is 71.3 Å². The number of anilines is 3. The summed E-state index contributed by atoms with van der Waals surface area (Å²) < 4.78 is 6.25. The van der Waals surface area contributed by atoms with Gasteiger partial charge in [-0.3, -0.25) is 0 Å². The number of hydrogen-bond acceptors (Lipinski definition) is 2. The zero-order valence-corrected chi connectivity index (χ0v) is 20.6. The lowest BCUT2D eigenvalue weighted by molar-refractivity contribution is 0.669. The van der Waals surface area contributed by atoms with E-state index in [9.17, 15) is 0 Å². The Labute approximate surface area is 220 Å². The molecule has 2 heteroatoms. The summed E-state index contributed by atoms with van der Waals surface area (Å²) in [4.78, 5) is 2.34. The van der Waals surface area contributed by atoms with Gasteiger partial charge in [0.25, 0.3) is 0 Å². The third-order valence-electron chi connectivity index (χ3n) is 7.60. The van der Waals surface area contributed by atoms with Gasteiger partial charge in [-0.25, -0.2) is 0 Å². The number of furan rings is 1. The third kappa shape index (κ3) is 3.14. The fourth-order valence-electron chi connectivity index (χ4n) is 5.91. The highest BCUT2D eigenvalue weighted by Crippen LogP contribution is 2.44. The molecule has 0 saturated carbocycles. The van der Waals surface area contributed by atoms with E-state index in [0.29, 0.717) is 0 Å². The molecule has 0 amide bonds. The molecule has 8 aromatic rings. The third-order valence-corrected chi connectivity index (χ3v) is 7.60. The lowest BCUT2D eigenvalue weighted by Crippen LogP contribution is -2.10. The Balaban J connectivity index is 1.42. The molecule has 8 rings (SSSR count). The standard InChI is InChI=1S/C36H23NO/c1-2-10-27(11-3-1)37(32-14-8-16-34-36(32)31-13-6-7-15-33(31)38-34)28-21-22-30-26(23-28)20-19-25-18-17-24-9-4-5-12-29(24)35(25)30/h1-23H. The molecule has 0 radical (unpaired) electrons. The summed E-state index contributed by atoms with van der Waals surface area (Å²) in [6.45, 7) is 0. The molecule has 0 N–H and O–H groups in total. The van der Waals surface area contributed by atoms with E-state index in [0.717, 1.165) is 39.0 Å². The summed E-state index contributed by atoms with van der Waals surface area (Å²) >= 11 is 0. The van der Waals surface area contributed by atoms with Gasteiger partial charge >= 0.3 is 0 Å². The van der Waals surface area contributed by atoms with E-state index in [1.807, 2.05) is 12.1 Å². The summed E-state index contributed by atoms with van der Waals surface area (Å²) in [5.41, 5.74) is 5.11. The maximum Gasteiger partial charge on any atom is 0.137 e. The van der Waals surface area contributed by atoms with Crippen LogP contribution in [0.15, 0.2) is 144 Å². The SMILES string of the molecule is c1ccc(N(c2ccc3c(ccc4ccc5ccccc5c43)c2)c2cccc3oc4ccccc4c23)cc1. The molecule has 38 heavy (non-hydrogen) atoms. The summed E-state index contributed by atoms with van der Waals surface area (Å²) in [5, 5.41) is 9.85. The molecule has 0 unspecified atom stereocenters. The van der Waals surface area contributed by atoms with Crippen molar-refractivity contribution in [2.75, 3.05) is 4.90 Å². The number of rotatable bonds is 3. The monoisotopic (exact) mass is 485 g/mol. The van der Waals surface area contributed by atoms with Crippen LogP contribution in [0, 0.1) is 0 Å². The highest BCUT2D eigenvalue weighted by Gasteiger charge is 2.19. The van der Waals surface area contributed by atoms with Crippen molar-refractivity contribution in [1.29, 1.82) is 0 Å². The molecule has 0 aliphatic rings. The van der Waals surface area contributed by atoms with E-state index in [4.69, 9.17) is 4.42 Å². The van der Waals surface area contributed by atoms with Crippen LogP contribution in [0.3, 0.4) is 0 Å². The van der Waals surface area contributed by atoms with Crippen molar-refractivity contribution in [3.8, 4) is 0 Å². The fourth-order valence-corrected chi connectivity index (χ4v) is 5.91. The molecule has 0 aliphatic heterocycles. The Morgan fingerprint density at radius 2 is 1.08 bits per heavy atom. The van der Waals surface area contributed by atoms with E-state index in [-0.39, 0.29) is 0 Å². The quantitative estimate of drug-likeness (QED) is 0.231. The van der Waals surface area contributed by atoms with Gasteiger partial charge in [0.2, 0.25) is 0 Å². The van der Waals surface area contributed by atoms with Gasteiger partial charge in [0.1, 0.15) is 11.2 Å². The second kappa shape index (κ2) is 8.22. The van der Waals surface area contributed by atoms with Crippen LogP contribution < -0.4 is 4.90 Å². The molecule has 0 fully saturated rings. The highest BCUT2D eigenvalue weighted by molar-refractivity contribution is 6.21. The minimum Gasteiger partial charge on any atom is -0.456 e. The minimum absolute atomic E-state index is 0.892. The Hall–Kier alpha value is -5.08. The minimum atomic E-state index is 0.892. The maximum atomic E-state index is 6.25. The van der Waals surface area contributed by atoms with Gasteiger partial charge in [-0.2, -0.15) is 0 Å². The molecule has 7 aromatic carbocycles. The Morgan fingerprint density at radius 3 is 1.97 bits per heavy atom. The van der Waals surface area contributed by atoms with Gasteiger partial charge in [-0.15, -0.1) is 0 Å². The van der Waals surface area contributed by atoms with Crippen LogP contribution in [-0.2, 0) is 0 Å². The van der Waals surface area contributed by atoms with Crippen LogP contribution in [0.2, 0.25) is 0 Å². The highest BCUT2D eigenvalue weighted by atomic mass is 16.3. The second-order valence-corrected chi connectivity index (χ2v) is 9.78. The molecule has 2 nitrogen and oxygen atoms in total. The van der Waals surface area contributed by atoms with Crippen molar-refractivity contribution in [2.24, 2.45) is 0 Å². The Bertz CT molecular complexity index is 2140. The molecule has 178 valence electrons. The first kappa shape index (κ1) is 21.0. The molecule has 0 saturated heterocycles. The molecule has 1 heterocycles. The van der Waals surface area contributed by atoms with Gasteiger partial charge in [0.05, 0.1) is 11.1 Å². The van der Waals surface area contributed by atoms with Gasteiger partial charge in [0.15, 0.2) is 0 Å². The van der Waals surface area contributed by atoms with Crippen LogP contribution in [0.5, 0.6) is 0 Å². The lowest BCUT2D eigenvalue weighted by Gasteiger charge is -2.26. The predicted molar refractivity (Wildman–Crippen MR) is 161 cm³/mol. The second-order valence-electron chi connectivity index (χ2n) is 9.78. The molecule has 0 atom stereocenters. The van der Waals surface area contributed by atoms with Crippen molar-refractivity contribution < 1.29 is 4.42 Å². The first-order valence-electron chi connectivity index (χ1n) is 12.9. The maximum absolute atomic E-state index is 6.25. The normalized spacial score (nSPS) is 11.7. The Morgan fingerprint density at radius 1 is 0.395 bits per heavy atom. The van der Waals surface area contributed by atoms with Gasteiger partial charge in [-0.1, -0.05) is 97.1 Å². The van der Waals surface area contributed by atoms with E-state index >= 15 is 0 Å². The van der Waals surface area contributed by atoms with Crippen molar-refractivity contribution in [3.63, 3.8) is 0 Å². The van der Waals surface area contributed by atoms with Gasteiger partial charge < -0.3 is 9.32 Å². The van der Waals surface area contributed by atoms with Crippen molar-refractivity contribution in [3.05, 3.63) is 140 Å². The molecule has 0 bridgehead atoms. The van der Waals surface area contributed by atoms with E-state index in [1.54, 1.807) is 0 Å². The van der Waals surface area contributed by atoms with Gasteiger partial charge in [-0.05, 0) is 74.8 Å². The average Bonchev–Trinajstić information content (AvgIpc) is 3.37. The van der Waals surface area contributed by atoms with Crippen LogP contribution in [0.4, 0.5) is 17.1 Å². The average molecular weight is 486 g/mol. The number of hydrogen-bond donors (Lipinski definition) is 0. The fraction of sp³-hybridized carbons (Fsp3) is 0. The van der Waals surface area contributed by atoms with Crippen LogP contribution in [-0.4, -0.2) is 0 Å². The smallest absolute Gasteiger partial charge is 0.137 e. The van der Waals surface area contributed by atoms with E-state index in [1.165, 1.54) is 32.3 Å². The first-order valence-corrected chi connectivity index (χ1v) is 12.9. The molecule has 0 aliphatic carbocycles. The zero-order valence-electron chi connectivity index (χ0n) is 20.6. The van der Waals surface area contributed by atoms with Crippen molar-refractivity contribution in [2.45, 2.75) is 0 Å². The molecule has 1 aromatic heterocycles. The largest absolute Gasteiger partial charge is 0.456 e. The zero-order chi connectivity index (χ0) is 25.1. The number of nitrogens with zero attached hydrogens (tertiary/aromatic N) is 1. The van der Waals surface area contributed by atoms with E-state index < -0.39 is 0 Å². The molecular weight excluding hydrogens is 462 g/mol. The summed E-state index contributed by atoms with van der Waals surface area (Å²) in [6, 6.07) is 49.6. The number of para-hydroxylation sites is 2. The van der Waals surface area contributed by atoms with Crippen LogP contribution >= 0.6 is 0 Å². The van der Waals surface area contributed by atoms with E-state index in [2.05, 4.69) is 132 Å². The van der Waals surface area contributed by atoms with Crippen LogP contribution in [0.25, 0.3) is 54.3 Å². The molecular formula is C36H23NO. The van der Waals surface area contributed by atoms with Crippen molar-refractivity contribution in [1.82, 2.24) is 0 Å². The van der Waals surface area contributed by atoms with Crippen LogP contribution in [0.1, 0.15) is 0 Å². The summed E-state index contributed by atoms with van der Waals surface area (Å²) in [5.74, 6) is 0. The summed E-state index contributed by atoms with van der Waals surface area (Å²) in [6.07, 6.45) is 0. The Kier molecular flexibility index (Phi) is 4.55. The summed E-state index contributed by atoms with van der Waals surface area (Å²) in [7, 11) is 0. The molecule has 0 spiro atoms. The number of fused-ring (bicyclic) bond motifs is 8.